The molecule has 0 spiro atoms. The lowest BCUT2D eigenvalue weighted by Gasteiger charge is -2.10. The standard InChI is InChI=1S/C22H20N4O2S2/c1-2-11-26-20(19-10-6-13-29-19)24-25-22(26)30-15-16-7-3-4-9-18(16)21(27)23-14-17-8-5-12-28-17/h2-10,12-13H,1,11,14-15H2,(H,23,27). The molecule has 8 heteroatoms. The zero-order chi connectivity index (χ0) is 20.8. The summed E-state index contributed by atoms with van der Waals surface area (Å²) in [5.41, 5.74) is 1.58. The summed E-state index contributed by atoms with van der Waals surface area (Å²) in [4.78, 5) is 13.8. The summed E-state index contributed by atoms with van der Waals surface area (Å²) in [7, 11) is 0. The molecular formula is C22H20N4O2S2. The number of thioether (sulfide) groups is 1. The van der Waals surface area contributed by atoms with E-state index in [0.29, 0.717) is 30.2 Å². The maximum Gasteiger partial charge on any atom is 0.251 e. The highest BCUT2D eigenvalue weighted by Gasteiger charge is 2.16. The van der Waals surface area contributed by atoms with E-state index in [1.807, 2.05) is 58.5 Å². The average molecular weight is 437 g/mol. The van der Waals surface area contributed by atoms with E-state index in [9.17, 15) is 4.79 Å². The summed E-state index contributed by atoms with van der Waals surface area (Å²) < 4.78 is 7.33. The van der Waals surface area contributed by atoms with Crippen LogP contribution in [0.1, 0.15) is 21.7 Å². The van der Waals surface area contributed by atoms with Crippen LogP contribution < -0.4 is 5.32 Å². The van der Waals surface area contributed by atoms with Gasteiger partial charge in [-0.05, 0) is 35.2 Å². The molecule has 0 saturated heterocycles. The molecule has 1 N–H and O–H groups in total. The topological polar surface area (TPSA) is 73.0 Å². The fourth-order valence-corrected chi connectivity index (χ4v) is 4.63. The number of carbonyl (C=O) groups excluding carboxylic acids is 1. The predicted octanol–water partition coefficient (Wildman–Crippen LogP) is 5.01. The number of thiophene rings is 1. The fraction of sp³-hybridized carbons (Fsp3) is 0.136. The molecule has 0 aliphatic rings. The zero-order valence-corrected chi connectivity index (χ0v) is 17.8. The van der Waals surface area contributed by atoms with Crippen molar-refractivity contribution in [2.24, 2.45) is 0 Å². The molecule has 3 aromatic heterocycles. The normalized spacial score (nSPS) is 10.8. The number of nitrogens with one attached hydrogen (secondary N) is 1. The first-order valence-corrected chi connectivity index (χ1v) is 11.2. The molecule has 6 nitrogen and oxygen atoms in total. The van der Waals surface area contributed by atoms with Crippen LogP contribution in [0.4, 0.5) is 0 Å². The van der Waals surface area contributed by atoms with Crippen LogP contribution >= 0.6 is 23.1 Å². The van der Waals surface area contributed by atoms with Crippen LogP contribution in [-0.2, 0) is 18.8 Å². The van der Waals surface area contributed by atoms with E-state index in [-0.39, 0.29) is 5.91 Å². The van der Waals surface area contributed by atoms with Crippen LogP contribution in [0.15, 0.2) is 82.4 Å². The first-order valence-electron chi connectivity index (χ1n) is 9.35. The van der Waals surface area contributed by atoms with Crippen LogP contribution in [0.2, 0.25) is 0 Å². The van der Waals surface area contributed by atoms with Gasteiger partial charge in [-0.2, -0.15) is 0 Å². The van der Waals surface area contributed by atoms with Gasteiger partial charge in [0.25, 0.3) is 5.91 Å². The van der Waals surface area contributed by atoms with Crippen molar-refractivity contribution < 1.29 is 9.21 Å². The Bertz CT molecular complexity index is 1120. The predicted molar refractivity (Wildman–Crippen MR) is 119 cm³/mol. The summed E-state index contributed by atoms with van der Waals surface area (Å²) in [5, 5.41) is 14.5. The lowest BCUT2D eigenvalue weighted by atomic mass is 10.1. The van der Waals surface area contributed by atoms with Crippen LogP contribution in [0.5, 0.6) is 0 Å². The molecule has 4 rings (SSSR count). The Kier molecular flexibility index (Phi) is 6.46. The van der Waals surface area contributed by atoms with Crippen molar-refractivity contribution in [3.8, 4) is 10.7 Å². The molecule has 0 atom stereocenters. The Balaban J connectivity index is 1.49. The average Bonchev–Trinajstić information content (AvgIpc) is 3.53. The molecule has 1 amide bonds. The molecule has 0 aliphatic heterocycles. The molecule has 0 radical (unpaired) electrons. The van der Waals surface area contributed by atoms with Crippen LogP contribution in [0, 0.1) is 0 Å². The molecule has 0 unspecified atom stereocenters. The second-order valence-corrected chi connectivity index (χ2v) is 8.28. The van der Waals surface area contributed by atoms with Crippen molar-refractivity contribution in [3.63, 3.8) is 0 Å². The minimum Gasteiger partial charge on any atom is -0.467 e. The molecule has 1 aromatic carbocycles. The number of allylic oxidation sites excluding steroid dienone is 1. The van der Waals surface area contributed by atoms with Gasteiger partial charge >= 0.3 is 0 Å². The highest BCUT2D eigenvalue weighted by atomic mass is 32.2. The third-order valence-corrected chi connectivity index (χ3v) is 6.27. The van der Waals surface area contributed by atoms with Crippen molar-refractivity contribution in [1.29, 1.82) is 0 Å². The first kappa shape index (κ1) is 20.2. The second kappa shape index (κ2) is 9.60. The number of amides is 1. The molecule has 0 aliphatic carbocycles. The molecule has 4 aromatic rings. The van der Waals surface area contributed by atoms with Gasteiger partial charge in [-0.25, -0.2) is 0 Å². The van der Waals surface area contributed by atoms with Crippen LogP contribution in [-0.4, -0.2) is 20.7 Å². The van der Waals surface area contributed by atoms with Gasteiger partial charge in [0.05, 0.1) is 17.7 Å². The van der Waals surface area contributed by atoms with Gasteiger partial charge < -0.3 is 9.73 Å². The highest BCUT2D eigenvalue weighted by Crippen LogP contribution is 2.29. The van der Waals surface area contributed by atoms with Crippen molar-refractivity contribution >= 4 is 29.0 Å². The number of rotatable bonds is 9. The number of furan rings is 1. The van der Waals surface area contributed by atoms with Crippen molar-refractivity contribution in [1.82, 2.24) is 20.1 Å². The Morgan fingerprint density at radius 2 is 2.10 bits per heavy atom. The van der Waals surface area contributed by atoms with Crippen LogP contribution in [0.3, 0.4) is 0 Å². The molecule has 30 heavy (non-hydrogen) atoms. The molecule has 0 bridgehead atoms. The number of benzene rings is 1. The first-order chi connectivity index (χ1) is 14.8. The summed E-state index contributed by atoms with van der Waals surface area (Å²) in [6, 6.07) is 15.3. The quantitative estimate of drug-likeness (QED) is 0.295. The maximum absolute atomic E-state index is 12.7. The molecular weight excluding hydrogens is 416 g/mol. The van der Waals surface area contributed by atoms with Gasteiger partial charge in [0.15, 0.2) is 11.0 Å². The largest absolute Gasteiger partial charge is 0.467 e. The lowest BCUT2D eigenvalue weighted by molar-refractivity contribution is 0.0947. The molecule has 3 heterocycles. The number of hydrogen-bond acceptors (Lipinski definition) is 6. The SMILES string of the molecule is C=CCn1c(SCc2ccccc2C(=O)NCc2ccco2)nnc1-c1cccs1. The number of nitrogens with zero attached hydrogens (tertiary/aromatic N) is 3. The van der Waals surface area contributed by atoms with Gasteiger partial charge in [-0.15, -0.1) is 28.1 Å². The van der Waals surface area contributed by atoms with Crippen molar-refractivity contribution in [3.05, 3.63) is 89.7 Å². The number of carbonyl (C=O) groups is 1. The zero-order valence-electron chi connectivity index (χ0n) is 16.2. The van der Waals surface area contributed by atoms with Gasteiger partial charge in [0, 0.05) is 17.9 Å². The minimum atomic E-state index is -0.130. The maximum atomic E-state index is 12.7. The molecule has 152 valence electrons. The van der Waals surface area contributed by atoms with Crippen molar-refractivity contribution in [2.45, 2.75) is 24.0 Å². The monoisotopic (exact) mass is 436 g/mol. The van der Waals surface area contributed by atoms with E-state index in [2.05, 4.69) is 22.1 Å². The van der Waals surface area contributed by atoms with E-state index < -0.39 is 0 Å². The fourth-order valence-electron chi connectivity index (χ4n) is 2.96. The Morgan fingerprint density at radius 3 is 2.87 bits per heavy atom. The van der Waals surface area contributed by atoms with E-state index in [1.54, 1.807) is 35.4 Å². The Labute approximate surface area is 182 Å². The molecule has 0 saturated carbocycles. The summed E-state index contributed by atoms with van der Waals surface area (Å²) in [6.45, 7) is 4.82. The Hall–Kier alpha value is -3.10. The summed E-state index contributed by atoms with van der Waals surface area (Å²) in [6.07, 6.45) is 3.43. The molecule has 0 fully saturated rings. The van der Waals surface area contributed by atoms with E-state index >= 15 is 0 Å². The van der Waals surface area contributed by atoms with Gasteiger partial charge in [-0.3, -0.25) is 9.36 Å². The number of aromatic nitrogens is 3. The highest BCUT2D eigenvalue weighted by molar-refractivity contribution is 7.98. The van der Waals surface area contributed by atoms with Gasteiger partial charge in [0.2, 0.25) is 0 Å². The van der Waals surface area contributed by atoms with Gasteiger partial charge in [-0.1, -0.05) is 42.1 Å². The lowest BCUT2D eigenvalue weighted by Crippen LogP contribution is -2.23. The summed E-state index contributed by atoms with van der Waals surface area (Å²) >= 11 is 3.18. The summed E-state index contributed by atoms with van der Waals surface area (Å²) in [5.74, 6) is 2.02. The minimum absolute atomic E-state index is 0.130. The third kappa shape index (κ3) is 4.55. The van der Waals surface area contributed by atoms with E-state index in [4.69, 9.17) is 4.42 Å². The smallest absolute Gasteiger partial charge is 0.251 e. The Morgan fingerprint density at radius 1 is 1.20 bits per heavy atom. The second-order valence-electron chi connectivity index (χ2n) is 6.39. The third-order valence-electron chi connectivity index (χ3n) is 4.39. The van der Waals surface area contributed by atoms with Crippen LogP contribution in [0.25, 0.3) is 10.7 Å². The van der Waals surface area contributed by atoms with E-state index in [0.717, 1.165) is 21.4 Å². The number of hydrogen-bond donors (Lipinski definition) is 1. The van der Waals surface area contributed by atoms with Gasteiger partial charge in [0.1, 0.15) is 5.76 Å². The van der Waals surface area contributed by atoms with Crippen molar-refractivity contribution in [2.75, 3.05) is 0 Å². The van der Waals surface area contributed by atoms with E-state index in [1.165, 1.54) is 0 Å².